The van der Waals surface area contributed by atoms with Crippen LogP contribution in [-0.4, -0.2) is 31.9 Å². The molecule has 0 spiro atoms. The predicted molar refractivity (Wildman–Crippen MR) is 92.0 cm³/mol. The van der Waals surface area contributed by atoms with Gasteiger partial charge in [0.2, 0.25) is 11.1 Å². The van der Waals surface area contributed by atoms with Crippen molar-refractivity contribution >= 4 is 46.3 Å². The van der Waals surface area contributed by atoms with E-state index in [0.29, 0.717) is 22.4 Å². The van der Waals surface area contributed by atoms with E-state index >= 15 is 0 Å². The second-order valence-corrected chi connectivity index (χ2v) is 6.95. The lowest BCUT2D eigenvalue weighted by atomic mass is 10.3. The van der Waals surface area contributed by atoms with Gasteiger partial charge in [0.1, 0.15) is 0 Å². The van der Waals surface area contributed by atoms with Crippen LogP contribution >= 0.6 is 34.7 Å². The van der Waals surface area contributed by atoms with Crippen molar-refractivity contribution in [3.63, 3.8) is 0 Å². The third kappa shape index (κ3) is 4.54. The maximum Gasteiger partial charge on any atom is 0.234 e. The van der Waals surface area contributed by atoms with Crippen LogP contribution in [0.15, 0.2) is 46.9 Å². The predicted octanol–water partition coefficient (Wildman–Crippen LogP) is 3.17. The van der Waals surface area contributed by atoms with Crippen molar-refractivity contribution in [1.82, 2.24) is 20.2 Å². The molecule has 118 valence electrons. The maximum atomic E-state index is 12.0. The van der Waals surface area contributed by atoms with Gasteiger partial charge in [-0.1, -0.05) is 29.4 Å². The van der Waals surface area contributed by atoms with Crippen LogP contribution in [0.3, 0.4) is 0 Å². The molecule has 0 saturated carbocycles. The van der Waals surface area contributed by atoms with E-state index in [0.717, 1.165) is 4.88 Å². The molecule has 23 heavy (non-hydrogen) atoms. The van der Waals surface area contributed by atoms with E-state index in [1.54, 1.807) is 40.3 Å². The van der Waals surface area contributed by atoms with Gasteiger partial charge in [0.05, 0.1) is 12.3 Å². The summed E-state index contributed by atoms with van der Waals surface area (Å²) in [5, 5.41) is 17.6. The first-order valence-electron chi connectivity index (χ1n) is 6.67. The van der Waals surface area contributed by atoms with Crippen molar-refractivity contribution < 1.29 is 4.79 Å². The Kier molecular flexibility index (Phi) is 5.27. The summed E-state index contributed by atoms with van der Waals surface area (Å²) in [6, 6.07) is 11.0. The van der Waals surface area contributed by atoms with E-state index < -0.39 is 0 Å². The molecule has 2 aromatic heterocycles. The largest absolute Gasteiger partial charge is 0.325 e. The Labute approximate surface area is 145 Å². The van der Waals surface area contributed by atoms with Crippen molar-refractivity contribution in [3.8, 4) is 0 Å². The topological polar surface area (TPSA) is 72.7 Å². The van der Waals surface area contributed by atoms with E-state index in [2.05, 4.69) is 20.8 Å². The molecule has 2 heterocycles. The number of hydrogen-bond acceptors (Lipinski definition) is 6. The molecule has 9 heteroatoms. The van der Waals surface area contributed by atoms with Crippen LogP contribution in [0, 0.1) is 0 Å². The van der Waals surface area contributed by atoms with Gasteiger partial charge in [-0.25, -0.2) is 4.68 Å². The lowest BCUT2D eigenvalue weighted by molar-refractivity contribution is -0.113. The highest BCUT2D eigenvalue weighted by Crippen LogP contribution is 2.18. The van der Waals surface area contributed by atoms with E-state index in [4.69, 9.17) is 11.6 Å². The molecule has 1 N–H and O–H groups in total. The molecule has 3 aromatic rings. The average molecular weight is 366 g/mol. The van der Waals surface area contributed by atoms with Gasteiger partial charge in [0.25, 0.3) is 0 Å². The van der Waals surface area contributed by atoms with Crippen molar-refractivity contribution in [2.75, 3.05) is 11.1 Å². The summed E-state index contributed by atoms with van der Waals surface area (Å²) < 4.78 is 1.69. The average Bonchev–Trinajstić information content (AvgIpc) is 3.20. The second-order valence-electron chi connectivity index (χ2n) is 4.54. The molecule has 3 rings (SSSR count). The number of thiophene rings is 1. The quantitative estimate of drug-likeness (QED) is 0.679. The summed E-state index contributed by atoms with van der Waals surface area (Å²) in [5.41, 5.74) is 0.707. The van der Waals surface area contributed by atoms with E-state index in [1.165, 1.54) is 11.8 Å². The first-order chi connectivity index (χ1) is 11.2. The number of nitrogens with zero attached hydrogens (tertiary/aromatic N) is 4. The van der Waals surface area contributed by atoms with Gasteiger partial charge in [-0.2, -0.15) is 0 Å². The van der Waals surface area contributed by atoms with Crippen LogP contribution in [-0.2, 0) is 11.3 Å². The minimum absolute atomic E-state index is 0.122. The van der Waals surface area contributed by atoms with Crippen LogP contribution < -0.4 is 5.32 Å². The van der Waals surface area contributed by atoms with Gasteiger partial charge in [-0.15, -0.1) is 16.4 Å². The van der Waals surface area contributed by atoms with E-state index in [-0.39, 0.29) is 11.7 Å². The molecule has 0 aliphatic rings. The van der Waals surface area contributed by atoms with Crippen LogP contribution in [0.1, 0.15) is 4.88 Å². The normalized spacial score (nSPS) is 10.7. The smallest absolute Gasteiger partial charge is 0.234 e. The second kappa shape index (κ2) is 7.58. The number of carbonyl (C=O) groups is 1. The fourth-order valence-corrected chi connectivity index (χ4v) is 3.30. The van der Waals surface area contributed by atoms with Gasteiger partial charge in [-0.05, 0) is 46.1 Å². The number of carbonyl (C=O) groups excluding carboxylic acids is 1. The SMILES string of the molecule is O=C(CSc1nnnn1Cc1cccs1)Nc1ccc(Cl)cc1. The van der Waals surface area contributed by atoms with E-state index in [1.807, 2.05) is 17.5 Å². The minimum atomic E-state index is -0.122. The number of rotatable bonds is 6. The Morgan fingerprint density at radius 2 is 2.13 bits per heavy atom. The number of thioether (sulfide) groups is 1. The molecule has 1 aromatic carbocycles. The van der Waals surface area contributed by atoms with E-state index in [9.17, 15) is 4.79 Å². The molecule has 0 aliphatic carbocycles. The minimum Gasteiger partial charge on any atom is -0.325 e. The number of amides is 1. The van der Waals surface area contributed by atoms with Crippen LogP contribution in [0.4, 0.5) is 5.69 Å². The molecular weight excluding hydrogens is 354 g/mol. The lowest BCUT2D eigenvalue weighted by Gasteiger charge is -2.05. The van der Waals surface area contributed by atoms with Gasteiger partial charge >= 0.3 is 0 Å². The van der Waals surface area contributed by atoms with Gasteiger partial charge in [0.15, 0.2) is 0 Å². The van der Waals surface area contributed by atoms with Gasteiger partial charge < -0.3 is 5.32 Å². The molecule has 0 fully saturated rings. The number of tetrazole rings is 1. The first-order valence-corrected chi connectivity index (χ1v) is 8.92. The zero-order valence-electron chi connectivity index (χ0n) is 11.8. The lowest BCUT2D eigenvalue weighted by Crippen LogP contribution is -2.14. The summed E-state index contributed by atoms with van der Waals surface area (Å²) in [6.07, 6.45) is 0. The summed E-state index contributed by atoms with van der Waals surface area (Å²) >= 11 is 8.75. The number of nitrogens with one attached hydrogen (secondary N) is 1. The standard InChI is InChI=1S/C14H12ClN5OS2/c15-10-3-5-11(6-4-10)16-13(21)9-23-14-17-18-19-20(14)8-12-2-1-7-22-12/h1-7H,8-9H2,(H,16,21). The fourth-order valence-electron chi connectivity index (χ4n) is 1.81. The molecule has 6 nitrogen and oxygen atoms in total. The van der Waals surface area contributed by atoms with Crippen LogP contribution in [0.25, 0.3) is 0 Å². The van der Waals surface area contributed by atoms with Crippen molar-refractivity contribution in [1.29, 1.82) is 0 Å². The monoisotopic (exact) mass is 365 g/mol. The van der Waals surface area contributed by atoms with Gasteiger partial charge in [-0.3, -0.25) is 4.79 Å². The maximum absolute atomic E-state index is 12.0. The highest BCUT2D eigenvalue weighted by Gasteiger charge is 2.11. The summed E-state index contributed by atoms with van der Waals surface area (Å²) in [5.74, 6) is 0.107. The number of anilines is 1. The number of aromatic nitrogens is 4. The third-order valence-corrected chi connectivity index (χ3v) is 4.92. The molecular formula is C14H12ClN5OS2. The number of halogens is 1. The Hall–Kier alpha value is -1.90. The molecule has 0 aliphatic heterocycles. The molecule has 1 amide bonds. The molecule has 0 saturated heterocycles. The highest BCUT2D eigenvalue weighted by atomic mass is 35.5. The number of benzene rings is 1. The number of hydrogen-bond donors (Lipinski definition) is 1. The molecule has 0 atom stereocenters. The Balaban J connectivity index is 1.55. The summed E-state index contributed by atoms with van der Waals surface area (Å²) in [6.45, 7) is 0.603. The molecule has 0 radical (unpaired) electrons. The summed E-state index contributed by atoms with van der Waals surface area (Å²) in [7, 11) is 0. The van der Waals surface area contributed by atoms with Gasteiger partial charge in [0, 0.05) is 15.6 Å². The van der Waals surface area contributed by atoms with Crippen molar-refractivity contribution in [3.05, 3.63) is 51.7 Å². The zero-order chi connectivity index (χ0) is 16.1. The third-order valence-electron chi connectivity index (χ3n) is 2.85. The Morgan fingerprint density at radius 1 is 1.30 bits per heavy atom. The fraction of sp³-hybridized carbons (Fsp3) is 0.143. The Morgan fingerprint density at radius 3 is 2.87 bits per heavy atom. The molecule has 0 bridgehead atoms. The molecule has 0 unspecified atom stereocenters. The van der Waals surface area contributed by atoms with Crippen molar-refractivity contribution in [2.45, 2.75) is 11.7 Å². The van der Waals surface area contributed by atoms with Crippen molar-refractivity contribution in [2.24, 2.45) is 0 Å². The Bertz CT molecular complexity index is 773. The van der Waals surface area contributed by atoms with Crippen LogP contribution in [0.5, 0.6) is 0 Å². The first kappa shape index (κ1) is 16.0. The highest BCUT2D eigenvalue weighted by molar-refractivity contribution is 7.99. The summed E-state index contributed by atoms with van der Waals surface area (Å²) in [4.78, 5) is 13.1. The van der Waals surface area contributed by atoms with Crippen LogP contribution in [0.2, 0.25) is 5.02 Å². The zero-order valence-corrected chi connectivity index (χ0v) is 14.2.